The zero-order chi connectivity index (χ0) is 23.8. The molecular formula is C26H28Br2N4O. The van der Waals surface area contributed by atoms with E-state index in [9.17, 15) is 4.79 Å². The van der Waals surface area contributed by atoms with Crippen LogP contribution in [0.15, 0.2) is 63.5 Å². The molecule has 1 heterocycles. The van der Waals surface area contributed by atoms with Gasteiger partial charge in [-0.2, -0.15) is 0 Å². The van der Waals surface area contributed by atoms with Crippen LogP contribution in [0.25, 0.3) is 11.1 Å². The monoisotopic (exact) mass is 570 g/mol. The number of carbonyl (C=O) groups excluding carboxylic acids is 1. The molecule has 0 aliphatic carbocycles. The summed E-state index contributed by atoms with van der Waals surface area (Å²) in [4.78, 5) is 14.7. The Hall–Kier alpha value is -2.35. The third kappa shape index (κ3) is 5.26. The van der Waals surface area contributed by atoms with E-state index in [1.54, 1.807) is 6.07 Å². The van der Waals surface area contributed by atoms with Gasteiger partial charge in [0.25, 0.3) is 5.91 Å². The van der Waals surface area contributed by atoms with E-state index >= 15 is 0 Å². The van der Waals surface area contributed by atoms with E-state index in [0.717, 1.165) is 56.6 Å². The maximum Gasteiger partial charge on any atom is 0.250 e. The van der Waals surface area contributed by atoms with E-state index in [1.807, 2.05) is 37.3 Å². The first-order chi connectivity index (χ1) is 15.6. The highest BCUT2D eigenvalue weighted by Gasteiger charge is 2.27. The third-order valence-corrected chi connectivity index (χ3v) is 7.08. The van der Waals surface area contributed by atoms with Crippen LogP contribution < -0.4 is 21.3 Å². The number of rotatable bonds is 5. The van der Waals surface area contributed by atoms with Gasteiger partial charge in [0.15, 0.2) is 0 Å². The van der Waals surface area contributed by atoms with Crippen LogP contribution in [0.5, 0.6) is 0 Å². The summed E-state index contributed by atoms with van der Waals surface area (Å²) in [6, 6.07) is 18.0. The lowest BCUT2D eigenvalue weighted by atomic mass is 9.97. The molecule has 1 saturated heterocycles. The lowest BCUT2D eigenvalue weighted by Crippen LogP contribution is -2.57. The Morgan fingerprint density at radius 1 is 1.12 bits per heavy atom. The number of benzene rings is 3. The molecule has 0 bridgehead atoms. The van der Waals surface area contributed by atoms with Crippen LogP contribution in [-0.2, 0) is 0 Å². The predicted molar refractivity (Wildman–Crippen MR) is 145 cm³/mol. The summed E-state index contributed by atoms with van der Waals surface area (Å²) in [5.74, 6) is -0.465. The summed E-state index contributed by atoms with van der Waals surface area (Å²) in [6.07, 6.45) is 0. The summed E-state index contributed by atoms with van der Waals surface area (Å²) in [6.45, 7) is 9.30. The van der Waals surface area contributed by atoms with Crippen LogP contribution in [0.1, 0.15) is 29.8 Å². The minimum Gasteiger partial charge on any atom is -0.368 e. The molecule has 4 N–H and O–H groups in total. The van der Waals surface area contributed by atoms with E-state index in [0.29, 0.717) is 11.3 Å². The van der Waals surface area contributed by atoms with Gasteiger partial charge in [-0.05, 0) is 84.2 Å². The van der Waals surface area contributed by atoms with Crippen LogP contribution in [0, 0.1) is 6.92 Å². The van der Waals surface area contributed by atoms with Gasteiger partial charge >= 0.3 is 0 Å². The first-order valence-electron chi connectivity index (χ1n) is 10.9. The number of nitrogens with two attached hydrogens (primary N) is 1. The standard InChI is InChI=1S/C26H28Br2N4O/c1-16-13-18(27)8-9-22(16)31-24-19(5-4-6-20(24)25(29)33)17-7-10-23(21(28)14-17)32-12-11-30-26(2,3)15-32/h4-10,13-14,30-31H,11-12,15H2,1-3H3,(H2,29,33). The number of amides is 1. The Morgan fingerprint density at radius 2 is 1.91 bits per heavy atom. The highest BCUT2D eigenvalue weighted by atomic mass is 79.9. The van der Waals surface area contributed by atoms with Crippen molar-refractivity contribution < 1.29 is 4.79 Å². The number of halogens is 2. The topological polar surface area (TPSA) is 70.4 Å². The largest absolute Gasteiger partial charge is 0.368 e. The molecular weight excluding hydrogens is 544 g/mol. The predicted octanol–water partition coefficient (Wildman–Crippen LogP) is 6.22. The molecule has 1 aliphatic rings. The molecule has 0 radical (unpaired) electrons. The quantitative estimate of drug-likeness (QED) is 0.340. The molecule has 3 aromatic rings. The molecule has 7 heteroatoms. The van der Waals surface area contributed by atoms with Gasteiger partial charge in [0.05, 0.1) is 16.9 Å². The summed E-state index contributed by atoms with van der Waals surface area (Å²) >= 11 is 7.31. The Morgan fingerprint density at radius 3 is 2.58 bits per heavy atom. The average molecular weight is 572 g/mol. The first-order valence-corrected chi connectivity index (χ1v) is 12.5. The highest BCUT2D eigenvalue weighted by molar-refractivity contribution is 9.10. The minimum atomic E-state index is -0.465. The average Bonchev–Trinajstić information content (AvgIpc) is 2.74. The van der Waals surface area contributed by atoms with Crippen molar-refractivity contribution >= 4 is 54.8 Å². The van der Waals surface area contributed by atoms with Crippen LogP contribution in [0.4, 0.5) is 17.1 Å². The number of carbonyl (C=O) groups is 1. The molecule has 172 valence electrons. The second-order valence-electron chi connectivity index (χ2n) is 9.08. The third-order valence-electron chi connectivity index (χ3n) is 5.95. The van der Waals surface area contributed by atoms with E-state index in [-0.39, 0.29) is 5.54 Å². The van der Waals surface area contributed by atoms with Crippen molar-refractivity contribution in [2.75, 3.05) is 29.9 Å². The Labute approximate surface area is 212 Å². The van der Waals surface area contributed by atoms with Crippen molar-refractivity contribution in [2.24, 2.45) is 5.73 Å². The molecule has 1 aliphatic heterocycles. The number of nitrogens with zero attached hydrogens (tertiary/aromatic N) is 1. The zero-order valence-corrected chi connectivity index (χ0v) is 22.2. The first kappa shape index (κ1) is 23.8. The Kier molecular flexibility index (Phi) is 6.84. The summed E-state index contributed by atoms with van der Waals surface area (Å²) < 4.78 is 2.03. The van der Waals surface area contributed by atoms with Gasteiger partial charge in [-0.15, -0.1) is 0 Å². The fourth-order valence-electron chi connectivity index (χ4n) is 4.31. The summed E-state index contributed by atoms with van der Waals surface area (Å²) in [5.41, 5.74) is 12.0. The number of piperazine rings is 1. The number of hydrogen-bond donors (Lipinski definition) is 3. The lowest BCUT2D eigenvalue weighted by molar-refractivity contribution is 0.100. The number of primary amides is 1. The minimum absolute atomic E-state index is 0.0613. The van der Waals surface area contributed by atoms with Crippen molar-refractivity contribution in [1.82, 2.24) is 5.32 Å². The Balaban J connectivity index is 1.75. The maximum absolute atomic E-state index is 12.3. The van der Waals surface area contributed by atoms with Crippen LogP contribution in [-0.4, -0.2) is 31.1 Å². The summed E-state index contributed by atoms with van der Waals surface area (Å²) in [7, 11) is 0. The number of para-hydroxylation sites is 1. The summed E-state index contributed by atoms with van der Waals surface area (Å²) in [5, 5.41) is 7.03. The van der Waals surface area contributed by atoms with Gasteiger partial charge in [0, 0.05) is 45.4 Å². The van der Waals surface area contributed by atoms with Crippen molar-refractivity contribution in [3.63, 3.8) is 0 Å². The molecule has 0 unspecified atom stereocenters. The van der Waals surface area contributed by atoms with Gasteiger partial charge in [0.2, 0.25) is 0 Å². The fourth-order valence-corrected chi connectivity index (χ4v) is 5.42. The van der Waals surface area contributed by atoms with Crippen LogP contribution in [0.3, 0.4) is 0 Å². The van der Waals surface area contributed by atoms with Crippen molar-refractivity contribution in [2.45, 2.75) is 26.3 Å². The second kappa shape index (κ2) is 9.49. The SMILES string of the molecule is Cc1cc(Br)ccc1Nc1c(C(N)=O)cccc1-c1ccc(N2CCNC(C)(C)C2)c(Br)c1. The number of nitrogens with one attached hydrogen (secondary N) is 2. The lowest BCUT2D eigenvalue weighted by Gasteiger charge is -2.40. The maximum atomic E-state index is 12.3. The van der Waals surface area contributed by atoms with Gasteiger partial charge < -0.3 is 21.3 Å². The normalized spacial score (nSPS) is 15.4. The molecule has 5 nitrogen and oxygen atoms in total. The van der Waals surface area contributed by atoms with Gasteiger partial charge in [-0.25, -0.2) is 0 Å². The molecule has 0 aromatic heterocycles. The van der Waals surface area contributed by atoms with Gasteiger partial charge in [-0.3, -0.25) is 4.79 Å². The van der Waals surface area contributed by atoms with E-state index in [4.69, 9.17) is 5.73 Å². The van der Waals surface area contributed by atoms with E-state index in [1.165, 1.54) is 0 Å². The molecule has 33 heavy (non-hydrogen) atoms. The fraction of sp³-hybridized carbons (Fsp3) is 0.269. The molecule has 1 amide bonds. The van der Waals surface area contributed by atoms with E-state index < -0.39 is 5.91 Å². The second-order valence-corrected chi connectivity index (χ2v) is 10.8. The molecule has 4 rings (SSSR count). The van der Waals surface area contributed by atoms with Crippen molar-refractivity contribution in [3.8, 4) is 11.1 Å². The van der Waals surface area contributed by atoms with Crippen LogP contribution in [0.2, 0.25) is 0 Å². The molecule has 0 spiro atoms. The highest BCUT2D eigenvalue weighted by Crippen LogP contribution is 2.38. The van der Waals surface area contributed by atoms with Crippen molar-refractivity contribution in [1.29, 1.82) is 0 Å². The van der Waals surface area contributed by atoms with Crippen molar-refractivity contribution in [3.05, 3.63) is 74.7 Å². The molecule has 1 fully saturated rings. The Bertz CT molecular complexity index is 1210. The van der Waals surface area contributed by atoms with Gasteiger partial charge in [0.1, 0.15) is 0 Å². The van der Waals surface area contributed by atoms with E-state index in [2.05, 4.69) is 79.4 Å². The van der Waals surface area contributed by atoms with Crippen LogP contribution >= 0.6 is 31.9 Å². The van der Waals surface area contributed by atoms with Gasteiger partial charge in [-0.1, -0.05) is 34.1 Å². The smallest absolute Gasteiger partial charge is 0.250 e. The molecule has 0 saturated carbocycles. The number of hydrogen-bond acceptors (Lipinski definition) is 4. The number of anilines is 3. The molecule has 0 atom stereocenters. The molecule has 3 aromatic carbocycles. The zero-order valence-electron chi connectivity index (χ0n) is 19.0. The number of aryl methyl sites for hydroxylation is 1.